The van der Waals surface area contributed by atoms with Crippen LogP contribution in [0.4, 0.5) is 0 Å². The van der Waals surface area contributed by atoms with E-state index in [0.717, 1.165) is 12.8 Å². The predicted octanol–water partition coefficient (Wildman–Crippen LogP) is 1.50. The minimum atomic E-state index is -0.670. The lowest BCUT2D eigenvalue weighted by Gasteiger charge is -2.19. The number of hydrogen-bond acceptors (Lipinski definition) is 3. The second kappa shape index (κ2) is 4.89. The predicted molar refractivity (Wildman–Crippen MR) is 56.1 cm³/mol. The molecule has 1 saturated heterocycles. The molecule has 2 N–H and O–H groups in total. The summed E-state index contributed by atoms with van der Waals surface area (Å²) in [4.78, 5) is 11.7. The molecule has 14 heavy (non-hydrogen) atoms. The van der Waals surface area contributed by atoms with Crippen molar-refractivity contribution in [3.63, 3.8) is 0 Å². The Morgan fingerprint density at radius 2 is 2.29 bits per heavy atom. The first-order valence-electron chi connectivity index (χ1n) is 5.44. The lowest BCUT2D eigenvalue weighted by Crippen LogP contribution is -2.48. The Balaban J connectivity index is 2.27. The fourth-order valence-electron chi connectivity index (χ4n) is 1.72. The van der Waals surface area contributed by atoms with E-state index in [2.05, 4.69) is 13.8 Å². The zero-order valence-electron chi connectivity index (χ0n) is 9.21. The van der Waals surface area contributed by atoms with Crippen molar-refractivity contribution in [2.24, 2.45) is 11.7 Å². The molecule has 1 rings (SSSR count). The van der Waals surface area contributed by atoms with Gasteiger partial charge < -0.3 is 10.5 Å². The zero-order valence-corrected chi connectivity index (χ0v) is 9.21. The number of carbonyl (C=O) groups excluding carboxylic acids is 1. The summed E-state index contributed by atoms with van der Waals surface area (Å²) < 4.78 is 5.16. The summed E-state index contributed by atoms with van der Waals surface area (Å²) in [5, 5.41) is 0. The Bertz CT molecular complexity index is 195. The van der Waals surface area contributed by atoms with Crippen LogP contribution in [0.25, 0.3) is 0 Å². The molecule has 0 aromatic heterocycles. The Kier molecular flexibility index (Phi) is 4.08. The molecule has 1 atom stereocenters. The topological polar surface area (TPSA) is 52.3 Å². The molecule has 3 nitrogen and oxygen atoms in total. The Morgan fingerprint density at radius 1 is 1.57 bits per heavy atom. The van der Waals surface area contributed by atoms with Gasteiger partial charge in [0.05, 0.1) is 6.61 Å². The van der Waals surface area contributed by atoms with Gasteiger partial charge in [0.15, 0.2) is 5.78 Å². The highest BCUT2D eigenvalue weighted by Gasteiger charge is 2.37. The highest BCUT2D eigenvalue weighted by molar-refractivity contribution is 5.88. The average Bonchev–Trinajstić information content (AvgIpc) is 2.52. The summed E-state index contributed by atoms with van der Waals surface area (Å²) >= 11 is 0. The van der Waals surface area contributed by atoms with Gasteiger partial charge in [-0.2, -0.15) is 0 Å². The monoisotopic (exact) mass is 199 g/mol. The number of carbonyl (C=O) groups is 1. The molecule has 1 heterocycles. The third-order valence-corrected chi connectivity index (χ3v) is 2.79. The average molecular weight is 199 g/mol. The molecule has 0 amide bonds. The quantitative estimate of drug-likeness (QED) is 0.730. The van der Waals surface area contributed by atoms with Crippen molar-refractivity contribution in [3.8, 4) is 0 Å². The summed E-state index contributed by atoms with van der Waals surface area (Å²) in [6.07, 6.45) is 3.35. The SMILES string of the molecule is CC(C)CCCC(=O)C1(N)CCOC1. The molecule has 0 aromatic carbocycles. The molecule has 0 radical (unpaired) electrons. The summed E-state index contributed by atoms with van der Waals surface area (Å²) in [6.45, 7) is 5.38. The van der Waals surface area contributed by atoms with Crippen LogP contribution in [-0.4, -0.2) is 24.5 Å². The van der Waals surface area contributed by atoms with Crippen LogP contribution in [0.3, 0.4) is 0 Å². The maximum Gasteiger partial charge on any atom is 0.155 e. The van der Waals surface area contributed by atoms with E-state index in [1.54, 1.807) is 0 Å². The van der Waals surface area contributed by atoms with Crippen molar-refractivity contribution in [2.75, 3.05) is 13.2 Å². The molecule has 82 valence electrons. The molecule has 0 spiro atoms. The van der Waals surface area contributed by atoms with Crippen LogP contribution >= 0.6 is 0 Å². The van der Waals surface area contributed by atoms with E-state index in [1.807, 2.05) is 0 Å². The summed E-state index contributed by atoms with van der Waals surface area (Å²) in [5.74, 6) is 0.840. The number of Topliss-reactive ketones (excluding diaryl/α,β-unsaturated/α-hetero) is 1. The molecule has 0 aromatic rings. The van der Waals surface area contributed by atoms with Gasteiger partial charge in [-0.05, 0) is 18.8 Å². The highest BCUT2D eigenvalue weighted by atomic mass is 16.5. The maximum absolute atomic E-state index is 11.7. The van der Waals surface area contributed by atoms with Crippen LogP contribution in [0.1, 0.15) is 39.5 Å². The lowest BCUT2D eigenvalue weighted by atomic mass is 9.90. The van der Waals surface area contributed by atoms with Crippen LogP contribution in [0, 0.1) is 5.92 Å². The van der Waals surface area contributed by atoms with Gasteiger partial charge in [-0.25, -0.2) is 0 Å². The Labute approximate surface area is 86.0 Å². The van der Waals surface area contributed by atoms with E-state index >= 15 is 0 Å². The Morgan fingerprint density at radius 3 is 2.79 bits per heavy atom. The fraction of sp³-hybridized carbons (Fsp3) is 0.909. The third-order valence-electron chi connectivity index (χ3n) is 2.79. The smallest absolute Gasteiger partial charge is 0.155 e. The van der Waals surface area contributed by atoms with E-state index < -0.39 is 5.54 Å². The fourth-order valence-corrected chi connectivity index (χ4v) is 1.72. The van der Waals surface area contributed by atoms with E-state index in [9.17, 15) is 4.79 Å². The molecule has 0 saturated carbocycles. The van der Waals surface area contributed by atoms with Gasteiger partial charge in [-0.3, -0.25) is 4.79 Å². The Hall–Kier alpha value is -0.410. The number of hydrogen-bond donors (Lipinski definition) is 1. The van der Waals surface area contributed by atoms with Crippen molar-refractivity contribution in [2.45, 2.75) is 45.1 Å². The van der Waals surface area contributed by atoms with E-state index in [4.69, 9.17) is 10.5 Å². The number of ether oxygens (including phenoxy) is 1. The van der Waals surface area contributed by atoms with Crippen LogP contribution in [0.2, 0.25) is 0 Å². The van der Waals surface area contributed by atoms with E-state index in [0.29, 0.717) is 32.0 Å². The lowest BCUT2D eigenvalue weighted by molar-refractivity contribution is -0.124. The van der Waals surface area contributed by atoms with Crippen LogP contribution < -0.4 is 5.73 Å². The summed E-state index contributed by atoms with van der Waals surface area (Å²) in [7, 11) is 0. The number of rotatable bonds is 5. The highest BCUT2D eigenvalue weighted by Crippen LogP contribution is 2.19. The van der Waals surface area contributed by atoms with Gasteiger partial charge >= 0.3 is 0 Å². The first kappa shape index (κ1) is 11.7. The van der Waals surface area contributed by atoms with Gasteiger partial charge in [-0.15, -0.1) is 0 Å². The first-order valence-corrected chi connectivity index (χ1v) is 5.44. The molecule has 1 aliphatic rings. The minimum Gasteiger partial charge on any atom is -0.379 e. The van der Waals surface area contributed by atoms with E-state index in [1.165, 1.54) is 0 Å². The summed E-state index contributed by atoms with van der Waals surface area (Å²) in [6, 6.07) is 0. The van der Waals surface area contributed by atoms with Crippen LogP contribution in [0.15, 0.2) is 0 Å². The molecule has 1 fully saturated rings. The van der Waals surface area contributed by atoms with Gasteiger partial charge in [0.2, 0.25) is 0 Å². The third kappa shape index (κ3) is 3.07. The van der Waals surface area contributed by atoms with Crippen molar-refractivity contribution in [3.05, 3.63) is 0 Å². The first-order chi connectivity index (χ1) is 6.54. The van der Waals surface area contributed by atoms with Crippen molar-refractivity contribution < 1.29 is 9.53 Å². The normalized spacial score (nSPS) is 27.1. The van der Waals surface area contributed by atoms with Gasteiger partial charge in [0.1, 0.15) is 5.54 Å². The molecular weight excluding hydrogens is 178 g/mol. The number of ketones is 1. The molecular formula is C11H21NO2. The molecule has 0 aliphatic carbocycles. The van der Waals surface area contributed by atoms with Crippen LogP contribution in [-0.2, 0) is 9.53 Å². The van der Waals surface area contributed by atoms with E-state index in [-0.39, 0.29) is 5.78 Å². The second-order valence-electron chi connectivity index (χ2n) is 4.67. The van der Waals surface area contributed by atoms with Crippen molar-refractivity contribution in [1.82, 2.24) is 0 Å². The molecule has 1 unspecified atom stereocenters. The minimum absolute atomic E-state index is 0.177. The zero-order chi connectivity index (χ0) is 10.6. The second-order valence-corrected chi connectivity index (χ2v) is 4.67. The van der Waals surface area contributed by atoms with Crippen LogP contribution in [0.5, 0.6) is 0 Å². The molecule has 3 heteroatoms. The number of nitrogens with two attached hydrogens (primary N) is 1. The molecule has 0 bridgehead atoms. The standard InChI is InChI=1S/C11H21NO2/c1-9(2)4-3-5-10(13)11(12)6-7-14-8-11/h9H,3-8,12H2,1-2H3. The molecule has 1 aliphatic heterocycles. The largest absolute Gasteiger partial charge is 0.379 e. The van der Waals surface area contributed by atoms with Crippen molar-refractivity contribution in [1.29, 1.82) is 0 Å². The van der Waals surface area contributed by atoms with Crippen molar-refractivity contribution >= 4 is 5.78 Å². The van der Waals surface area contributed by atoms with Gasteiger partial charge in [0, 0.05) is 13.0 Å². The maximum atomic E-state index is 11.7. The summed E-state index contributed by atoms with van der Waals surface area (Å²) in [5.41, 5.74) is 5.28. The van der Waals surface area contributed by atoms with Gasteiger partial charge in [-0.1, -0.05) is 20.3 Å². The van der Waals surface area contributed by atoms with Gasteiger partial charge in [0.25, 0.3) is 0 Å².